The number of hydrogen-bond donors (Lipinski definition) is 0. The molecule has 1 saturated heterocycles. The zero-order chi connectivity index (χ0) is 9.42. The number of hydrazine groups is 1. The Morgan fingerprint density at radius 1 is 1.38 bits per heavy atom. The Bertz CT molecular complexity index is 260. The molecule has 0 N–H and O–H groups in total. The summed E-state index contributed by atoms with van der Waals surface area (Å²) in [4.78, 5) is 11.4. The average molecular weight is 180 g/mol. The SMILES string of the molecule is CC1=CN2C(CCC(=O)N2C)CC1. The first-order valence-corrected chi connectivity index (χ1v) is 4.90. The molecule has 0 aromatic heterocycles. The van der Waals surface area contributed by atoms with E-state index < -0.39 is 0 Å². The summed E-state index contributed by atoms with van der Waals surface area (Å²) in [6.07, 6.45) is 6.23. The van der Waals surface area contributed by atoms with Crippen molar-refractivity contribution in [1.29, 1.82) is 0 Å². The lowest BCUT2D eigenvalue weighted by Crippen LogP contribution is -2.51. The Kier molecular flexibility index (Phi) is 2.02. The van der Waals surface area contributed by atoms with Crippen molar-refractivity contribution in [3.05, 3.63) is 11.8 Å². The molecule has 3 nitrogen and oxygen atoms in total. The largest absolute Gasteiger partial charge is 0.288 e. The van der Waals surface area contributed by atoms with Gasteiger partial charge in [-0.3, -0.25) is 14.8 Å². The molecule has 1 atom stereocenters. The zero-order valence-corrected chi connectivity index (χ0v) is 8.29. The molecule has 2 aliphatic heterocycles. The second kappa shape index (κ2) is 3.05. The fraction of sp³-hybridized carbons (Fsp3) is 0.700. The molecule has 2 aliphatic rings. The van der Waals surface area contributed by atoms with Gasteiger partial charge in [-0.05, 0) is 26.2 Å². The molecule has 0 radical (unpaired) electrons. The first-order chi connectivity index (χ1) is 6.18. The highest BCUT2D eigenvalue weighted by Crippen LogP contribution is 2.28. The lowest BCUT2D eigenvalue weighted by molar-refractivity contribution is -0.152. The van der Waals surface area contributed by atoms with Crippen LogP contribution >= 0.6 is 0 Å². The van der Waals surface area contributed by atoms with Gasteiger partial charge in [-0.2, -0.15) is 0 Å². The van der Waals surface area contributed by atoms with Crippen molar-refractivity contribution in [2.75, 3.05) is 7.05 Å². The van der Waals surface area contributed by atoms with Gasteiger partial charge in [-0.1, -0.05) is 5.57 Å². The number of amides is 1. The molecule has 0 spiro atoms. The summed E-state index contributed by atoms with van der Waals surface area (Å²) >= 11 is 0. The van der Waals surface area contributed by atoms with Crippen molar-refractivity contribution in [2.45, 2.75) is 38.6 Å². The molecule has 0 aromatic rings. The van der Waals surface area contributed by atoms with E-state index in [1.807, 2.05) is 7.05 Å². The molecule has 72 valence electrons. The van der Waals surface area contributed by atoms with Crippen LogP contribution in [-0.4, -0.2) is 29.0 Å². The van der Waals surface area contributed by atoms with E-state index in [-0.39, 0.29) is 5.91 Å². The number of carbonyl (C=O) groups is 1. The molecule has 0 saturated carbocycles. The molecule has 0 aliphatic carbocycles. The molecule has 2 heterocycles. The third-order valence-corrected chi connectivity index (χ3v) is 3.00. The van der Waals surface area contributed by atoms with E-state index >= 15 is 0 Å². The summed E-state index contributed by atoms with van der Waals surface area (Å²) in [5.74, 6) is 0.238. The van der Waals surface area contributed by atoms with Crippen molar-refractivity contribution < 1.29 is 4.79 Å². The Balaban J connectivity index is 2.21. The maximum Gasteiger partial charge on any atom is 0.240 e. The van der Waals surface area contributed by atoms with Gasteiger partial charge in [0.2, 0.25) is 5.91 Å². The quantitative estimate of drug-likeness (QED) is 0.564. The van der Waals surface area contributed by atoms with Gasteiger partial charge in [-0.25, -0.2) is 0 Å². The normalized spacial score (nSPS) is 28.6. The zero-order valence-electron chi connectivity index (χ0n) is 8.29. The van der Waals surface area contributed by atoms with E-state index in [0.29, 0.717) is 12.5 Å². The smallest absolute Gasteiger partial charge is 0.240 e. The second-order valence-electron chi connectivity index (χ2n) is 4.00. The van der Waals surface area contributed by atoms with E-state index in [2.05, 4.69) is 18.1 Å². The number of rotatable bonds is 0. The first-order valence-electron chi connectivity index (χ1n) is 4.90. The van der Waals surface area contributed by atoms with Gasteiger partial charge in [0.1, 0.15) is 0 Å². The van der Waals surface area contributed by atoms with E-state index in [4.69, 9.17) is 0 Å². The highest BCUT2D eigenvalue weighted by Gasteiger charge is 2.30. The lowest BCUT2D eigenvalue weighted by atomic mass is 9.97. The van der Waals surface area contributed by atoms with Crippen LogP contribution in [0.15, 0.2) is 11.8 Å². The predicted molar refractivity (Wildman–Crippen MR) is 50.6 cm³/mol. The summed E-state index contributed by atoms with van der Waals surface area (Å²) in [5, 5.41) is 3.86. The number of fused-ring (bicyclic) bond motifs is 1. The highest BCUT2D eigenvalue weighted by molar-refractivity contribution is 5.76. The van der Waals surface area contributed by atoms with Crippen molar-refractivity contribution in [3.63, 3.8) is 0 Å². The Labute approximate surface area is 79.0 Å². The minimum atomic E-state index is 0.238. The van der Waals surface area contributed by atoms with Crippen LogP contribution < -0.4 is 0 Å². The predicted octanol–water partition coefficient (Wildman–Crippen LogP) is 1.52. The maximum absolute atomic E-state index is 11.4. The van der Waals surface area contributed by atoms with Gasteiger partial charge < -0.3 is 0 Å². The molecular formula is C10H16N2O. The van der Waals surface area contributed by atoms with Crippen LogP contribution in [-0.2, 0) is 4.79 Å². The first kappa shape index (κ1) is 8.60. The van der Waals surface area contributed by atoms with Crippen molar-refractivity contribution >= 4 is 5.91 Å². The number of nitrogens with zero attached hydrogens (tertiary/aromatic N) is 2. The van der Waals surface area contributed by atoms with Crippen LogP contribution in [0.5, 0.6) is 0 Å². The topological polar surface area (TPSA) is 23.6 Å². The standard InChI is InChI=1S/C10H16N2O/c1-8-3-4-9-5-6-10(13)11(2)12(9)7-8/h7,9H,3-6H2,1-2H3. The van der Waals surface area contributed by atoms with E-state index in [1.165, 1.54) is 18.4 Å². The lowest BCUT2D eigenvalue weighted by Gasteiger charge is -2.44. The third kappa shape index (κ3) is 1.43. The number of hydrogen-bond acceptors (Lipinski definition) is 2. The van der Waals surface area contributed by atoms with E-state index in [0.717, 1.165) is 6.42 Å². The summed E-state index contributed by atoms with van der Waals surface area (Å²) < 4.78 is 0. The summed E-state index contributed by atoms with van der Waals surface area (Å²) in [5.41, 5.74) is 1.37. The van der Waals surface area contributed by atoms with Crippen molar-refractivity contribution in [2.24, 2.45) is 0 Å². The summed E-state index contributed by atoms with van der Waals surface area (Å²) in [6, 6.07) is 0.561. The molecule has 1 amide bonds. The minimum Gasteiger partial charge on any atom is -0.288 e. The fourth-order valence-corrected chi connectivity index (χ4v) is 2.11. The molecule has 0 bridgehead atoms. The minimum absolute atomic E-state index is 0.238. The molecule has 13 heavy (non-hydrogen) atoms. The van der Waals surface area contributed by atoms with E-state index in [9.17, 15) is 4.79 Å². The van der Waals surface area contributed by atoms with Gasteiger partial charge >= 0.3 is 0 Å². The third-order valence-electron chi connectivity index (χ3n) is 3.00. The second-order valence-corrected chi connectivity index (χ2v) is 4.00. The molecule has 0 aromatic carbocycles. The highest BCUT2D eigenvalue weighted by atomic mass is 16.2. The Morgan fingerprint density at radius 2 is 2.08 bits per heavy atom. The van der Waals surface area contributed by atoms with Gasteiger partial charge in [0.05, 0.1) is 6.04 Å². The average Bonchev–Trinajstić information content (AvgIpc) is 2.12. The molecule has 1 unspecified atom stereocenters. The van der Waals surface area contributed by atoms with Crippen LogP contribution in [0.3, 0.4) is 0 Å². The van der Waals surface area contributed by atoms with Gasteiger partial charge in [0.15, 0.2) is 0 Å². The van der Waals surface area contributed by atoms with Crippen LogP contribution in [0.2, 0.25) is 0 Å². The Hall–Kier alpha value is -0.990. The van der Waals surface area contributed by atoms with Gasteiger partial charge in [0.25, 0.3) is 0 Å². The van der Waals surface area contributed by atoms with Crippen LogP contribution in [0.4, 0.5) is 0 Å². The van der Waals surface area contributed by atoms with Crippen molar-refractivity contribution in [3.8, 4) is 0 Å². The van der Waals surface area contributed by atoms with Crippen molar-refractivity contribution in [1.82, 2.24) is 10.0 Å². The Morgan fingerprint density at radius 3 is 2.85 bits per heavy atom. The number of carbonyl (C=O) groups excluding carboxylic acids is 1. The molecule has 2 rings (SSSR count). The number of allylic oxidation sites excluding steroid dienone is 1. The van der Waals surface area contributed by atoms with Gasteiger partial charge in [0, 0.05) is 19.7 Å². The van der Waals surface area contributed by atoms with Gasteiger partial charge in [-0.15, -0.1) is 0 Å². The van der Waals surface area contributed by atoms with Crippen LogP contribution in [0, 0.1) is 0 Å². The monoisotopic (exact) mass is 180 g/mol. The van der Waals surface area contributed by atoms with Crippen LogP contribution in [0.1, 0.15) is 32.6 Å². The molecular weight excluding hydrogens is 164 g/mol. The van der Waals surface area contributed by atoms with E-state index in [1.54, 1.807) is 5.01 Å². The summed E-state index contributed by atoms with van der Waals surface area (Å²) in [6.45, 7) is 2.13. The molecule has 3 heteroatoms. The fourth-order valence-electron chi connectivity index (χ4n) is 2.11. The molecule has 1 fully saturated rings. The maximum atomic E-state index is 11.4. The summed E-state index contributed by atoms with van der Waals surface area (Å²) in [7, 11) is 1.86. The van der Waals surface area contributed by atoms with Crippen LogP contribution in [0.25, 0.3) is 0 Å².